The molecule has 1 fully saturated rings. The third-order valence-electron chi connectivity index (χ3n) is 4.86. The number of likely N-dealkylation sites (tertiary alicyclic amines) is 1. The number of carbonyl (C=O) groups excluding carboxylic acids is 1. The fourth-order valence-corrected chi connectivity index (χ4v) is 3.57. The van der Waals surface area contributed by atoms with Crippen LogP contribution in [0.2, 0.25) is 0 Å². The molecule has 4 nitrogen and oxygen atoms in total. The highest BCUT2D eigenvalue weighted by atomic mass is 16.5. The zero-order valence-corrected chi connectivity index (χ0v) is 14.8. The van der Waals surface area contributed by atoms with Gasteiger partial charge in [0, 0.05) is 30.5 Å². The summed E-state index contributed by atoms with van der Waals surface area (Å²) in [6.07, 6.45) is 2.01. The minimum Gasteiger partial charge on any atom is -0.484 e. The number of piperidine rings is 1. The standard InChI is InChI=1S/C20H26N2O2/c1-15-5-4-6-19(13-15)24-14-20(23)21-11-9-18(10-12-21)22-16(2)7-8-17(22)3/h4-8,13,18H,9-12,14H2,1-3H3. The molecule has 0 spiro atoms. The third kappa shape index (κ3) is 3.64. The highest BCUT2D eigenvalue weighted by Crippen LogP contribution is 2.26. The SMILES string of the molecule is Cc1cccc(OCC(=O)N2CCC(n3c(C)ccc3C)CC2)c1. The Labute approximate surface area is 144 Å². The average Bonchev–Trinajstić information content (AvgIpc) is 2.92. The molecule has 0 aliphatic carbocycles. The topological polar surface area (TPSA) is 34.5 Å². The number of ether oxygens (including phenoxy) is 1. The number of nitrogens with zero attached hydrogens (tertiary/aromatic N) is 2. The van der Waals surface area contributed by atoms with Crippen molar-refractivity contribution in [3.05, 3.63) is 53.3 Å². The normalized spacial score (nSPS) is 15.5. The lowest BCUT2D eigenvalue weighted by molar-refractivity contribution is -0.134. The maximum atomic E-state index is 12.4. The van der Waals surface area contributed by atoms with Crippen LogP contribution in [0.25, 0.3) is 0 Å². The summed E-state index contributed by atoms with van der Waals surface area (Å²) in [5, 5.41) is 0. The Kier molecular flexibility index (Phi) is 4.93. The van der Waals surface area contributed by atoms with E-state index in [0.29, 0.717) is 6.04 Å². The molecular formula is C20H26N2O2. The van der Waals surface area contributed by atoms with E-state index in [1.165, 1.54) is 11.4 Å². The van der Waals surface area contributed by atoms with E-state index in [2.05, 4.69) is 30.5 Å². The van der Waals surface area contributed by atoms with E-state index >= 15 is 0 Å². The Balaban J connectivity index is 1.52. The lowest BCUT2D eigenvalue weighted by Gasteiger charge is -2.34. The molecule has 1 aliphatic rings. The summed E-state index contributed by atoms with van der Waals surface area (Å²) in [7, 11) is 0. The smallest absolute Gasteiger partial charge is 0.260 e. The van der Waals surface area contributed by atoms with E-state index in [1.54, 1.807) is 0 Å². The van der Waals surface area contributed by atoms with Crippen molar-refractivity contribution in [1.82, 2.24) is 9.47 Å². The van der Waals surface area contributed by atoms with Gasteiger partial charge < -0.3 is 14.2 Å². The molecule has 0 saturated carbocycles. The van der Waals surface area contributed by atoms with Gasteiger partial charge in [-0.25, -0.2) is 0 Å². The summed E-state index contributed by atoms with van der Waals surface area (Å²) in [5.74, 6) is 0.840. The van der Waals surface area contributed by atoms with Crippen LogP contribution in [0.4, 0.5) is 0 Å². The van der Waals surface area contributed by atoms with E-state index in [4.69, 9.17) is 4.74 Å². The lowest BCUT2D eigenvalue weighted by atomic mass is 10.0. The van der Waals surface area contributed by atoms with Crippen molar-refractivity contribution in [2.24, 2.45) is 0 Å². The van der Waals surface area contributed by atoms with Crippen LogP contribution in [-0.2, 0) is 4.79 Å². The fraction of sp³-hybridized carbons (Fsp3) is 0.450. The molecule has 0 unspecified atom stereocenters. The highest BCUT2D eigenvalue weighted by molar-refractivity contribution is 5.77. The van der Waals surface area contributed by atoms with Gasteiger partial charge in [0.2, 0.25) is 0 Å². The van der Waals surface area contributed by atoms with Gasteiger partial charge in [0.15, 0.2) is 6.61 Å². The molecule has 1 aromatic carbocycles. The molecule has 0 N–H and O–H groups in total. The van der Waals surface area contributed by atoms with Gasteiger partial charge in [0.1, 0.15) is 5.75 Å². The van der Waals surface area contributed by atoms with Gasteiger partial charge in [0.25, 0.3) is 5.91 Å². The van der Waals surface area contributed by atoms with Crippen molar-refractivity contribution in [2.75, 3.05) is 19.7 Å². The molecule has 128 valence electrons. The molecule has 2 aromatic rings. The van der Waals surface area contributed by atoms with Crippen molar-refractivity contribution in [2.45, 2.75) is 39.7 Å². The van der Waals surface area contributed by atoms with Crippen molar-refractivity contribution < 1.29 is 9.53 Å². The molecule has 1 aliphatic heterocycles. The second kappa shape index (κ2) is 7.12. The predicted molar refractivity (Wildman–Crippen MR) is 95.4 cm³/mol. The van der Waals surface area contributed by atoms with Gasteiger partial charge >= 0.3 is 0 Å². The molecule has 0 atom stereocenters. The molecular weight excluding hydrogens is 300 g/mol. The number of hydrogen-bond donors (Lipinski definition) is 0. The third-order valence-corrected chi connectivity index (χ3v) is 4.86. The Hall–Kier alpha value is -2.23. The molecule has 3 rings (SSSR count). The van der Waals surface area contributed by atoms with Crippen LogP contribution in [0.15, 0.2) is 36.4 Å². The van der Waals surface area contributed by atoms with Gasteiger partial charge in [-0.2, -0.15) is 0 Å². The molecule has 0 radical (unpaired) electrons. The number of carbonyl (C=O) groups is 1. The summed E-state index contributed by atoms with van der Waals surface area (Å²) in [6.45, 7) is 8.05. The Morgan fingerprint density at radius 3 is 2.38 bits per heavy atom. The van der Waals surface area contributed by atoms with Crippen molar-refractivity contribution in [1.29, 1.82) is 0 Å². The Morgan fingerprint density at radius 1 is 1.08 bits per heavy atom. The van der Waals surface area contributed by atoms with Crippen LogP contribution in [0.3, 0.4) is 0 Å². The highest BCUT2D eigenvalue weighted by Gasteiger charge is 2.25. The molecule has 2 heterocycles. The van der Waals surface area contributed by atoms with E-state index in [-0.39, 0.29) is 12.5 Å². The number of amides is 1. The number of hydrogen-bond acceptors (Lipinski definition) is 2. The molecule has 24 heavy (non-hydrogen) atoms. The molecule has 1 saturated heterocycles. The van der Waals surface area contributed by atoms with Crippen LogP contribution in [-0.4, -0.2) is 35.1 Å². The van der Waals surface area contributed by atoms with Gasteiger partial charge in [-0.3, -0.25) is 4.79 Å². The average molecular weight is 326 g/mol. The quantitative estimate of drug-likeness (QED) is 0.859. The first-order chi connectivity index (χ1) is 11.5. The maximum absolute atomic E-state index is 12.4. The Morgan fingerprint density at radius 2 is 1.75 bits per heavy atom. The number of aryl methyl sites for hydroxylation is 3. The fourth-order valence-electron chi connectivity index (χ4n) is 3.57. The zero-order valence-electron chi connectivity index (χ0n) is 14.8. The first kappa shape index (κ1) is 16.6. The van der Waals surface area contributed by atoms with Gasteiger partial charge in [-0.05, 0) is 63.4 Å². The second-order valence-electron chi connectivity index (χ2n) is 6.70. The Bertz CT molecular complexity index is 693. The first-order valence-corrected chi connectivity index (χ1v) is 8.66. The van der Waals surface area contributed by atoms with Crippen LogP contribution < -0.4 is 4.74 Å². The van der Waals surface area contributed by atoms with Crippen molar-refractivity contribution in [3.63, 3.8) is 0 Å². The zero-order chi connectivity index (χ0) is 17.1. The summed E-state index contributed by atoms with van der Waals surface area (Å²) in [4.78, 5) is 14.3. The number of benzene rings is 1. The van der Waals surface area contributed by atoms with Crippen LogP contribution in [0, 0.1) is 20.8 Å². The summed E-state index contributed by atoms with van der Waals surface area (Å²) in [6, 6.07) is 12.7. The predicted octanol–water partition coefficient (Wildman–Crippen LogP) is 3.66. The minimum absolute atomic E-state index is 0.0795. The molecule has 0 bridgehead atoms. The van der Waals surface area contributed by atoms with E-state index in [9.17, 15) is 4.79 Å². The van der Waals surface area contributed by atoms with Gasteiger partial charge in [-0.15, -0.1) is 0 Å². The molecule has 1 amide bonds. The van der Waals surface area contributed by atoms with Gasteiger partial charge in [-0.1, -0.05) is 12.1 Å². The second-order valence-corrected chi connectivity index (χ2v) is 6.70. The molecule has 1 aromatic heterocycles. The number of aromatic nitrogens is 1. The molecule has 4 heteroatoms. The van der Waals surface area contributed by atoms with Crippen molar-refractivity contribution >= 4 is 5.91 Å². The largest absolute Gasteiger partial charge is 0.484 e. The lowest BCUT2D eigenvalue weighted by Crippen LogP contribution is -2.41. The van der Waals surface area contributed by atoms with Crippen LogP contribution in [0.5, 0.6) is 5.75 Å². The summed E-state index contributed by atoms with van der Waals surface area (Å²) < 4.78 is 8.05. The first-order valence-electron chi connectivity index (χ1n) is 8.66. The van der Waals surface area contributed by atoms with Crippen LogP contribution in [0.1, 0.15) is 35.8 Å². The maximum Gasteiger partial charge on any atom is 0.260 e. The summed E-state index contributed by atoms with van der Waals surface area (Å²) >= 11 is 0. The van der Waals surface area contributed by atoms with E-state index in [0.717, 1.165) is 37.2 Å². The number of rotatable bonds is 4. The van der Waals surface area contributed by atoms with E-state index < -0.39 is 0 Å². The van der Waals surface area contributed by atoms with Gasteiger partial charge in [0.05, 0.1) is 0 Å². The summed E-state index contributed by atoms with van der Waals surface area (Å²) in [5.41, 5.74) is 3.75. The minimum atomic E-state index is 0.0795. The van der Waals surface area contributed by atoms with Crippen LogP contribution >= 0.6 is 0 Å². The van der Waals surface area contributed by atoms with E-state index in [1.807, 2.05) is 36.1 Å². The monoisotopic (exact) mass is 326 g/mol. The van der Waals surface area contributed by atoms with Crippen molar-refractivity contribution in [3.8, 4) is 5.75 Å².